The highest BCUT2D eigenvalue weighted by atomic mass is 35.5. The van der Waals surface area contributed by atoms with Gasteiger partial charge in [0.25, 0.3) is 5.24 Å². The minimum absolute atomic E-state index is 0.100. The van der Waals surface area contributed by atoms with Crippen molar-refractivity contribution in [1.29, 1.82) is 0 Å². The Morgan fingerprint density at radius 3 is 2.53 bits per heavy atom. The number of hydrogen-bond acceptors (Lipinski definition) is 4. The summed E-state index contributed by atoms with van der Waals surface area (Å²) in [6.07, 6.45) is 0. The number of hydrogen-bond donors (Lipinski definition) is 0. The van der Waals surface area contributed by atoms with E-state index in [2.05, 4.69) is 0 Å². The second kappa shape index (κ2) is 4.46. The van der Waals surface area contributed by atoms with E-state index < -0.39 is 15.9 Å². The molecule has 0 amide bonds. The zero-order valence-electron chi connectivity index (χ0n) is 7.49. The van der Waals surface area contributed by atoms with E-state index in [9.17, 15) is 14.9 Å². The van der Waals surface area contributed by atoms with E-state index in [1.807, 2.05) is 0 Å². The fourth-order valence-corrected chi connectivity index (χ4v) is 1.42. The third-order valence-corrected chi connectivity index (χ3v) is 2.08. The lowest BCUT2D eigenvalue weighted by Crippen LogP contribution is -2.01. The average Bonchev–Trinajstić information content (AvgIpc) is 2.15. The number of carbonyl (C=O) groups is 1. The fourth-order valence-electron chi connectivity index (χ4n) is 1.07. The van der Waals surface area contributed by atoms with Gasteiger partial charge in [-0.3, -0.25) is 14.9 Å². The van der Waals surface area contributed by atoms with Crippen LogP contribution in [0, 0.1) is 10.1 Å². The second-order valence-corrected chi connectivity index (χ2v) is 3.31. The number of carbonyl (C=O) groups excluding carboxylic acids is 1. The van der Waals surface area contributed by atoms with E-state index in [1.165, 1.54) is 13.2 Å². The van der Waals surface area contributed by atoms with Gasteiger partial charge in [0.1, 0.15) is 5.56 Å². The molecule has 15 heavy (non-hydrogen) atoms. The van der Waals surface area contributed by atoms with Crippen molar-refractivity contribution in [3.8, 4) is 5.75 Å². The molecular weight excluding hydrogens is 245 g/mol. The van der Waals surface area contributed by atoms with Gasteiger partial charge in [0.05, 0.1) is 12.0 Å². The van der Waals surface area contributed by atoms with E-state index >= 15 is 0 Å². The largest absolute Gasteiger partial charge is 0.490 e. The van der Waals surface area contributed by atoms with Gasteiger partial charge in [-0.25, -0.2) is 0 Å². The summed E-state index contributed by atoms with van der Waals surface area (Å²) in [6.45, 7) is 0. The van der Waals surface area contributed by atoms with Crippen LogP contribution in [0.3, 0.4) is 0 Å². The lowest BCUT2D eigenvalue weighted by atomic mass is 10.2. The Labute approximate surface area is 94.7 Å². The molecule has 0 spiro atoms. The molecule has 0 unspecified atom stereocenters. The van der Waals surface area contributed by atoms with Gasteiger partial charge in [-0.2, -0.15) is 0 Å². The fraction of sp³-hybridized carbons (Fsp3) is 0.125. The molecule has 80 valence electrons. The Bertz CT molecular complexity index is 433. The van der Waals surface area contributed by atoms with Crippen LogP contribution in [0.15, 0.2) is 12.1 Å². The van der Waals surface area contributed by atoms with Crippen LogP contribution in [0.1, 0.15) is 10.4 Å². The number of benzene rings is 1. The molecule has 7 heteroatoms. The number of methoxy groups -OCH3 is 1. The van der Waals surface area contributed by atoms with E-state index in [0.717, 1.165) is 6.07 Å². The van der Waals surface area contributed by atoms with Crippen LogP contribution in [0.25, 0.3) is 0 Å². The van der Waals surface area contributed by atoms with Crippen molar-refractivity contribution in [2.75, 3.05) is 7.11 Å². The lowest BCUT2D eigenvalue weighted by Gasteiger charge is -2.04. The van der Waals surface area contributed by atoms with Crippen LogP contribution in [0.2, 0.25) is 5.02 Å². The number of nitro benzene ring substituents is 1. The molecule has 1 aromatic rings. The zero-order valence-corrected chi connectivity index (χ0v) is 9.00. The maximum atomic E-state index is 10.9. The summed E-state index contributed by atoms with van der Waals surface area (Å²) in [4.78, 5) is 20.9. The molecule has 0 fully saturated rings. The summed E-state index contributed by atoms with van der Waals surface area (Å²) in [5.41, 5.74) is -0.770. The van der Waals surface area contributed by atoms with Crippen molar-refractivity contribution in [1.82, 2.24) is 0 Å². The Balaban J connectivity index is 3.54. The van der Waals surface area contributed by atoms with Crippen molar-refractivity contribution >= 4 is 34.1 Å². The maximum absolute atomic E-state index is 10.9. The van der Waals surface area contributed by atoms with Gasteiger partial charge < -0.3 is 4.74 Å². The van der Waals surface area contributed by atoms with Crippen LogP contribution in [-0.4, -0.2) is 17.3 Å². The molecule has 0 atom stereocenters. The first kappa shape index (κ1) is 11.7. The monoisotopic (exact) mass is 249 g/mol. The molecule has 0 aliphatic rings. The predicted octanol–water partition coefficient (Wildman–Crippen LogP) is 2.64. The first-order valence-corrected chi connectivity index (χ1v) is 4.44. The molecule has 0 radical (unpaired) electrons. The van der Waals surface area contributed by atoms with E-state index in [4.69, 9.17) is 27.9 Å². The van der Waals surface area contributed by atoms with E-state index in [-0.39, 0.29) is 16.3 Å². The SMILES string of the molecule is COc1cc(Cl)cc(C(=O)Cl)c1[N+](=O)[O-]. The quantitative estimate of drug-likeness (QED) is 0.469. The van der Waals surface area contributed by atoms with Gasteiger partial charge >= 0.3 is 5.69 Å². The molecular formula is C8H5Cl2NO4. The normalized spacial score (nSPS) is 9.80. The van der Waals surface area contributed by atoms with E-state index in [1.54, 1.807) is 0 Å². The number of nitrogens with zero attached hydrogens (tertiary/aromatic N) is 1. The Kier molecular flexibility index (Phi) is 3.49. The highest BCUT2D eigenvalue weighted by Gasteiger charge is 2.25. The Hall–Kier alpha value is -1.33. The smallest absolute Gasteiger partial charge is 0.323 e. The highest BCUT2D eigenvalue weighted by Crippen LogP contribution is 2.34. The molecule has 1 aromatic carbocycles. The van der Waals surface area contributed by atoms with Crippen LogP contribution >= 0.6 is 23.2 Å². The predicted molar refractivity (Wildman–Crippen MR) is 54.8 cm³/mol. The second-order valence-electron chi connectivity index (χ2n) is 2.54. The zero-order chi connectivity index (χ0) is 11.6. The summed E-state index contributed by atoms with van der Waals surface area (Å²) >= 11 is 10.8. The molecule has 0 bridgehead atoms. The van der Waals surface area contributed by atoms with Crippen LogP contribution in [-0.2, 0) is 0 Å². The number of halogens is 2. The minimum Gasteiger partial charge on any atom is -0.490 e. The van der Waals surface area contributed by atoms with Gasteiger partial charge in [0.15, 0.2) is 5.75 Å². The molecule has 0 N–H and O–H groups in total. The Morgan fingerprint density at radius 1 is 1.53 bits per heavy atom. The summed E-state index contributed by atoms with van der Waals surface area (Å²) in [5.74, 6) is -0.100. The van der Waals surface area contributed by atoms with Gasteiger partial charge in [0.2, 0.25) is 0 Å². The molecule has 1 rings (SSSR count). The summed E-state index contributed by atoms with van der Waals surface area (Å²) in [5, 5.41) is 9.87. The van der Waals surface area contributed by atoms with Crippen molar-refractivity contribution in [3.63, 3.8) is 0 Å². The molecule has 0 saturated heterocycles. The average molecular weight is 250 g/mol. The molecule has 0 saturated carbocycles. The molecule has 0 heterocycles. The van der Waals surface area contributed by atoms with E-state index in [0.29, 0.717) is 0 Å². The summed E-state index contributed by atoms with van der Waals surface area (Å²) in [6, 6.07) is 2.36. The highest BCUT2D eigenvalue weighted by molar-refractivity contribution is 6.68. The standard InChI is InChI=1S/C8H5Cl2NO4/c1-15-6-3-4(9)2-5(8(10)12)7(6)11(13)14/h2-3H,1H3. The van der Waals surface area contributed by atoms with Gasteiger partial charge in [-0.05, 0) is 17.7 Å². The first-order chi connectivity index (χ1) is 6.97. The molecule has 0 aliphatic heterocycles. The molecule has 0 aromatic heterocycles. The van der Waals surface area contributed by atoms with Gasteiger partial charge in [-0.15, -0.1) is 0 Å². The first-order valence-electron chi connectivity index (χ1n) is 3.69. The number of ether oxygens (including phenoxy) is 1. The number of rotatable bonds is 3. The number of nitro groups is 1. The third kappa shape index (κ3) is 2.37. The van der Waals surface area contributed by atoms with Gasteiger partial charge in [-0.1, -0.05) is 11.6 Å². The summed E-state index contributed by atoms with van der Waals surface area (Å²) < 4.78 is 4.74. The van der Waals surface area contributed by atoms with Crippen molar-refractivity contribution in [2.24, 2.45) is 0 Å². The van der Waals surface area contributed by atoms with Crippen LogP contribution in [0.5, 0.6) is 5.75 Å². The van der Waals surface area contributed by atoms with Crippen molar-refractivity contribution < 1.29 is 14.5 Å². The van der Waals surface area contributed by atoms with Gasteiger partial charge in [0, 0.05) is 11.1 Å². The molecule has 5 nitrogen and oxygen atoms in total. The lowest BCUT2D eigenvalue weighted by molar-refractivity contribution is -0.386. The summed E-state index contributed by atoms with van der Waals surface area (Å²) in [7, 11) is 1.24. The van der Waals surface area contributed by atoms with Crippen molar-refractivity contribution in [3.05, 3.63) is 32.8 Å². The third-order valence-electron chi connectivity index (χ3n) is 1.65. The van der Waals surface area contributed by atoms with Crippen LogP contribution < -0.4 is 4.74 Å². The minimum atomic E-state index is -0.956. The van der Waals surface area contributed by atoms with Crippen molar-refractivity contribution in [2.45, 2.75) is 0 Å². The maximum Gasteiger partial charge on any atom is 0.323 e. The molecule has 0 aliphatic carbocycles. The van der Waals surface area contributed by atoms with Crippen LogP contribution in [0.4, 0.5) is 5.69 Å². The topological polar surface area (TPSA) is 69.4 Å². The Morgan fingerprint density at radius 2 is 2.13 bits per heavy atom.